The Morgan fingerprint density at radius 1 is 0.875 bits per heavy atom. The molecular formula is C28H28N4. The van der Waals surface area contributed by atoms with Crippen LogP contribution in [0.3, 0.4) is 0 Å². The predicted octanol–water partition coefficient (Wildman–Crippen LogP) is 5.56. The van der Waals surface area contributed by atoms with Gasteiger partial charge in [0.25, 0.3) is 0 Å². The van der Waals surface area contributed by atoms with Crippen molar-refractivity contribution < 1.29 is 0 Å². The first-order valence-corrected chi connectivity index (χ1v) is 11.5. The molecule has 2 aliphatic carbocycles. The minimum absolute atomic E-state index is 0.143. The SMILES string of the molecule is Cc1c2c(nc(-c3ccc(C4(N)CCC4)cc3)c1-c1ccccc1)CCc1cn(C)nc1-2. The molecule has 0 saturated heterocycles. The van der Waals surface area contributed by atoms with Crippen molar-refractivity contribution in [2.45, 2.75) is 44.6 Å². The first kappa shape index (κ1) is 19.4. The van der Waals surface area contributed by atoms with Crippen molar-refractivity contribution in [2.24, 2.45) is 12.8 Å². The lowest BCUT2D eigenvalue weighted by Gasteiger charge is -2.38. The highest BCUT2D eigenvalue weighted by Crippen LogP contribution is 2.44. The van der Waals surface area contributed by atoms with Gasteiger partial charge in [0.2, 0.25) is 0 Å². The molecule has 4 nitrogen and oxygen atoms in total. The summed E-state index contributed by atoms with van der Waals surface area (Å²) in [5, 5.41) is 4.81. The van der Waals surface area contributed by atoms with Gasteiger partial charge in [-0.3, -0.25) is 9.67 Å². The lowest BCUT2D eigenvalue weighted by molar-refractivity contribution is 0.253. The van der Waals surface area contributed by atoms with Crippen LogP contribution in [0.5, 0.6) is 0 Å². The molecule has 1 fully saturated rings. The zero-order chi connectivity index (χ0) is 21.9. The minimum atomic E-state index is -0.143. The van der Waals surface area contributed by atoms with Crippen molar-refractivity contribution in [1.29, 1.82) is 0 Å². The molecule has 2 N–H and O–H groups in total. The maximum atomic E-state index is 6.57. The summed E-state index contributed by atoms with van der Waals surface area (Å²) in [6.45, 7) is 2.23. The lowest BCUT2D eigenvalue weighted by atomic mass is 9.72. The second kappa shape index (κ2) is 7.14. The summed E-state index contributed by atoms with van der Waals surface area (Å²) in [6.07, 6.45) is 7.45. The first-order chi connectivity index (χ1) is 15.5. The normalized spacial score (nSPS) is 16.2. The number of rotatable bonds is 3. The van der Waals surface area contributed by atoms with Crippen LogP contribution in [0.2, 0.25) is 0 Å². The van der Waals surface area contributed by atoms with E-state index in [4.69, 9.17) is 15.8 Å². The molecule has 2 aromatic carbocycles. The quantitative estimate of drug-likeness (QED) is 0.472. The number of hydrogen-bond acceptors (Lipinski definition) is 3. The summed E-state index contributed by atoms with van der Waals surface area (Å²) in [6, 6.07) is 19.4. The Morgan fingerprint density at radius 3 is 2.31 bits per heavy atom. The van der Waals surface area contributed by atoms with E-state index in [1.807, 2.05) is 11.7 Å². The van der Waals surface area contributed by atoms with Crippen LogP contribution in [0, 0.1) is 6.92 Å². The third-order valence-electron chi connectivity index (χ3n) is 7.34. The molecule has 0 atom stereocenters. The molecule has 4 aromatic rings. The van der Waals surface area contributed by atoms with Crippen LogP contribution in [-0.2, 0) is 25.4 Å². The topological polar surface area (TPSA) is 56.7 Å². The molecular weight excluding hydrogens is 392 g/mol. The highest BCUT2D eigenvalue weighted by molar-refractivity contribution is 5.89. The van der Waals surface area contributed by atoms with Gasteiger partial charge in [-0.1, -0.05) is 54.6 Å². The molecule has 32 heavy (non-hydrogen) atoms. The van der Waals surface area contributed by atoms with E-state index < -0.39 is 0 Å². The van der Waals surface area contributed by atoms with E-state index in [1.165, 1.54) is 39.8 Å². The highest BCUT2D eigenvalue weighted by atomic mass is 15.3. The van der Waals surface area contributed by atoms with Crippen molar-refractivity contribution in [3.05, 3.63) is 83.2 Å². The Hall–Kier alpha value is -3.24. The standard InChI is InChI=1S/C28H28N4/c1-18-24(19-7-4-3-5-8-19)26(20-9-12-22(13-10-20)28(29)15-6-16-28)30-23-14-11-21-17-32(2)31-27(21)25(18)23/h3-5,7-10,12-13,17H,6,11,14-16,29H2,1-2H3. The van der Waals surface area contributed by atoms with Crippen LogP contribution in [-0.4, -0.2) is 14.8 Å². The molecule has 160 valence electrons. The monoisotopic (exact) mass is 420 g/mol. The Morgan fingerprint density at radius 2 is 1.62 bits per heavy atom. The van der Waals surface area contributed by atoms with Crippen molar-refractivity contribution >= 4 is 0 Å². The molecule has 2 heterocycles. The summed E-state index contributed by atoms with van der Waals surface area (Å²) < 4.78 is 1.93. The van der Waals surface area contributed by atoms with E-state index in [2.05, 4.69) is 67.7 Å². The van der Waals surface area contributed by atoms with E-state index in [0.29, 0.717) is 0 Å². The third kappa shape index (κ3) is 2.94. The maximum Gasteiger partial charge on any atom is 0.0976 e. The van der Waals surface area contributed by atoms with E-state index in [-0.39, 0.29) is 5.54 Å². The summed E-state index contributed by atoms with van der Waals surface area (Å²) in [5.41, 5.74) is 18.3. The molecule has 0 aliphatic heterocycles. The largest absolute Gasteiger partial charge is 0.321 e. The zero-order valence-electron chi connectivity index (χ0n) is 18.7. The number of fused-ring (bicyclic) bond motifs is 3. The predicted molar refractivity (Wildman–Crippen MR) is 129 cm³/mol. The number of pyridine rings is 1. The fourth-order valence-electron chi connectivity index (χ4n) is 5.42. The number of nitrogens with zero attached hydrogens (tertiary/aromatic N) is 3. The molecule has 0 bridgehead atoms. The molecule has 4 heteroatoms. The highest BCUT2D eigenvalue weighted by Gasteiger charge is 2.34. The van der Waals surface area contributed by atoms with Gasteiger partial charge in [0.15, 0.2) is 0 Å². The fourth-order valence-corrected chi connectivity index (χ4v) is 5.42. The van der Waals surface area contributed by atoms with Crippen LogP contribution in [0.4, 0.5) is 0 Å². The Bertz CT molecular complexity index is 1310. The van der Waals surface area contributed by atoms with E-state index in [0.717, 1.165) is 48.3 Å². The summed E-state index contributed by atoms with van der Waals surface area (Å²) >= 11 is 0. The van der Waals surface area contributed by atoms with Crippen molar-refractivity contribution in [1.82, 2.24) is 14.8 Å². The van der Waals surface area contributed by atoms with Crippen LogP contribution in [0.15, 0.2) is 60.8 Å². The number of aryl methyl sites for hydroxylation is 3. The molecule has 2 aromatic heterocycles. The molecule has 0 amide bonds. The molecule has 0 radical (unpaired) electrons. The van der Waals surface area contributed by atoms with Crippen LogP contribution in [0.1, 0.15) is 41.6 Å². The average Bonchev–Trinajstić information content (AvgIpc) is 3.18. The van der Waals surface area contributed by atoms with Crippen molar-refractivity contribution in [2.75, 3.05) is 0 Å². The second-order valence-electron chi connectivity index (χ2n) is 9.41. The Kier molecular flexibility index (Phi) is 4.34. The fraction of sp³-hybridized carbons (Fsp3) is 0.286. The van der Waals surface area contributed by atoms with Crippen molar-refractivity contribution in [3.8, 4) is 33.6 Å². The maximum absolute atomic E-state index is 6.57. The summed E-state index contributed by atoms with van der Waals surface area (Å²) in [4.78, 5) is 5.27. The smallest absolute Gasteiger partial charge is 0.0976 e. The molecule has 1 saturated carbocycles. The minimum Gasteiger partial charge on any atom is -0.321 e. The molecule has 0 spiro atoms. The number of benzene rings is 2. The van der Waals surface area contributed by atoms with Gasteiger partial charge >= 0.3 is 0 Å². The van der Waals surface area contributed by atoms with Gasteiger partial charge in [0.05, 0.1) is 17.1 Å². The van der Waals surface area contributed by atoms with Gasteiger partial charge in [0, 0.05) is 35.5 Å². The van der Waals surface area contributed by atoms with E-state index in [1.54, 1.807) is 0 Å². The molecule has 6 rings (SSSR count). The van der Waals surface area contributed by atoms with Gasteiger partial charge in [-0.05, 0) is 61.3 Å². The van der Waals surface area contributed by atoms with Gasteiger partial charge in [0.1, 0.15) is 0 Å². The summed E-state index contributed by atoms with van der Waals surface area (Å²) in [5.74, 6) is 0. The van der Waals surface area contributed by atoms with Gasteiger partial charge in [-0.15, -0.1) is 0 Å². The number of aromatic nitrogens is 3. The van der Waals surface area contributed by atoms with Crippen LogP contribution >= 0.6 is 0 Å². The Labute approximate surface area is 189 Å². The van der Waals surface area contributed by atoms with Crippen molar-refractivity contribution in [3.63, 3.8) is 0 Å². The lowest BCUT2D eigenvalue weighted by Crippen LogP contribution is -2.43. The molecule has 0 unspecified atom stereocenters. The third-order valence-corrected chi connectivity index (χ3v) is 7.34. The van der Waals surface area contributed by atoms with E-state index in [9.17, 15) is 0 Å². The van der Waals surface area contributed by atoms with Gasteiger partial charge in [-0.2, -0.15) is 5.10 Å². The number of hydrogen-bond donors (Lipinski definition) is 1. The molecule has 2 aliphatic rings. The Balaban J connectivity index is 1.56. The van der Waals surface area contributed by atoms with Crippen LogP contribution in [0.25, 0.3) is 33.6 Å². The average molecular weight is 421 g/mol. The first-order valence-electron chi connectivity index (χ1n) is 11.5. The number of nitrogens with two attached hydrogens (primary N) is 1. The van der Waals surface area contributed by atoms with Gasteiger partial charge < -0.3 is 5.73 Å². The second-order valence-corrected chi connectivity index (χ2v) is 9.41. The summed E-state index contributed by atoms with van der Waals surface area (Å²) in [7, 11) is 2.00. The zero-order valence-corrected chi connectivity index (χ0v) is 18.7. The van der Waals surface area contributed by atoms with E-state index >= 15 is 0 Å². The van der Waals surface area contributed by atoms with Gasteiger partial charge in [-0.25, -0.2) is 0 Å². The van der Waals surface area contributed by atoms with Crippen LogP contribution < -0.4 is 5.73 Å².